The first-order chi connectivity index (χ1) is 9.63. The number of amides is 1. The largest absolute Gasteiger partial charge is 0.481 e. The van der Waals surface area contributed by atoms with Gasteiger partial charge in [-0.1, -0.05) is 22.0 Å². The summed E-state index contributed by atoms with van der Waals surface area (Å²) in [5.74, 6) is 2.06. The predicted molar refractivity (Wildman–Crippen MR) is 80.7 cm³/mol. The van der Waals surface area contributed by atoms with Gasteiger partial charge >= 0.3 is 0 Å². The molecule has 1 amide bonds. The minimum Gasteiger partial charge on any atom is -0.481 e. The number of likely N-dealkylation sites (tertiary alicyclic amines) is 1. The fourth-order valence-electron chi connectivity index (χ4n) is 3.09. The maximum atomic E-state index is 12.4. The lowest BCUT2D eigenvalue weighted by Crippen LogP contribution is -2.40. The fourth-order valence-corrected chi connectivity index (χ4v) is 3.47. The van der Waals surface area contributed by atoms with Crippen molar-refractivity contribution in [3.05, 3.63) is 28.7 Å². The monoisotopic (exact) mass is 338 g/mol. The van der Waals surface area contributed by atoms with E-state index in [0.717, 1.165) is 36.4 Å². The number of hydrogen-bond donors (Lipinski definition) is 1. The summed E-state index contributed by atoms with van der Waals surface area (Å²) in [7, 11) is 0. The Morgan fingerprint density at radius 2 is 2.10 bits per heavy atom. The van der Waals surface area contributed by atoms with Crippen LogP contribution in [0.2, 0.25) is 0 Å². The van der Waals surface area contributed by atoms with E-state index in [1.807, 2.05) is 36.1 Å². The van der Waals surface area contributed by atoms with Crippen LogP contribution in [0.4, 0.5) is 0 Å². The lowest BCUT2D eigenvalue weighted by atomic mass is 10.0. The van der Waals surface area contributed by atoms with Gasteiger partial charge in [0.2, 0.25) is 0 Å². The average Bonchev–Trinajstić information content (AvgIpc) is 2.98. The highest BCUT2D eigenvalue weighted by atomic mass is 79.9. The van der Waals surface area contributed by atoms with Crippen LogP contribution < -0.4 is 10.1 Å². The Kier molecular flexibility index (Phi) is 3.98. The highest BCUT2D eigenvalue weighted by Crippen LogP contribution is 2.27. The minimum atomic E-state index is -0.434. The van der Waals surface area contributed by atoms with Crippen molar-refractivity contribution in [2.24, 2.45) is 11.8 Å². The Labute approximate surface area is 127 Å². The van der Waals surface area contributed by atoms with Crippen molar-refractivity contribution in [1.29, 1.82) is 0 Å². The highest BCUT2D eigenvalue weighted by molar-refractivity contribution is 9.10. The maximum Gasteiger partial charge on any atom is 0.263 e. The van der Waals surface area contributed by atoms with Gasteiger partial charge < -0.3 is 15.0 Å². The highest BCUT2D eigenvalue weighted by Gasteiger charge is 2.39. The summed E-state index contributed by atoms with van der Waals surface area (Å²) in [5, 5.41) is 3.38. The second-order valence-corrected chi connectivity index (χ2v) is 6.55. The van der Waals surface area contributed by atoms with E-state index in [1.54, 1.807) is 0 Å². The van der Waals surface area contributed by atoms with E-state index in [1.165, 1.54) is 0 Å². The van der Waals surface area contributed by atoms with Gasteiger partial charge in [0.25, 0.3) is 5.91 Å². The van der Waals surface area contributed by atoms with Gasteiger partial charge in [0.1, 0.15) is 5.75 Å². The molecule has 5 heteroatoms. The molecule has 0 aliphatic carbocycles. The molecular weight excluding hydrogens is 320 g/mol. The summed E-state index contributed by atoms with van der Waals surface area (Å²) >= 11 is 3.41. The first-order valence-corrected chi connectivity index (χ1v) is 7.84. The number of halogens is 1. The summed E-state index contributed by atoms with van der Waals surface area (Å²) in [4.78, 5) is 14.4. The number of carbonyl (C=O) groups is 1. The number of rotatable bonds is 3. The van der Waals surface area contributed by atoms with Crippen molar-refractivity contribution in [3.63, 3.8) is 0 Å². The summed E-state index contributed by atoms with van der Waals surface area (Å²) in [5.41, 5.74) is 0. The quantitative estimate of drug-likeness (QED) is 0.915. The molecule has 1 aromatic carbocycles. The molecule has 2 aliphatic heterocycles. The third kappa shape index (κ3) is 2.83. The number of benzene rings is 1. The molecule has 2 aliphatic rings. The van der Waals surface area contributed by atoms with Crippen molar-refractivity contribution in [3.8, 4) is 5.75 Å². The molecule has 0 aromatic heterocycles. The topological polar surface area (TPSA) is 41.6 Å². The molecule has 2 fully saturated rings. The van der Waals surface area contributed by atoms with E-state index < -0.39 is 6.10 Å². The molecule has 2 heterocycles. The van der Waals surface area contributed by atoms with Gasteiger partial charge in [-0.05, 0) is 37.0 Å². The van der Waals surface area contributed by atoms with E-state index in [0.29, 0.717) is 11.8 Å². The van der Waals surface area contributed by atoms with E-state index in [4.69, 9.17) is 4.74 Å². The van der Waals surface area contributed by atoms with Gasteiger partial charge in [-0.3, -0.25) is 4.79 Å². The SMILES string of the molecule is CC(Oc1cccc(Br)c1)C(=O)N1C[C@H]2CNC[C@H]2C1. The number of nitrogens with one attached hydrogen (secondary N) is 1. The zero-order chi connectivity index (χ0) is 14.1. The predicted octanol–water partition coefficient (Wildman–Crippen LogP) is 1.89. The van der Waals surface area contributed by atoms with Gasteiger partial charge in [-0.2, -0.15) is 0 Å². The molecular formula is C15H19BrN2O2. The Bertz CT molecular complexity index is 496. The number of nitrogens with zero attached hydrogens (tertiary/aromatic N) is 1. The molecule has 20 heavy (non-hydrogen) atoms. The molecule has 0 saturated carbocycles. The lowest BCUT2D eigenvalue weighted by molar-refractivity contribution is -0.137. The molecule has 4 nitrogen and oxygen atoms in total. The minimum absolute atomic E-state index is 0.0966. The molecule has 108 valence electrons. The zero-order valence-electron chi connectivity index (χ0n) is 11.5. The molecule has 1 N–H and O–H groups in total. The zero-order valence-corrected chi connectivity index (χ0v) is 13.1. The second-order valence-electron chi connectivity index (χ2n) is 5.64. The maximum absolute atomic E-state index is 12.4. The number of hydrogen-bond acceptors (Lipinski definition) is 3. The van der Waals surface area contributed by atoms with Crippen molar-refractivity contribution >= 4 is 21.8 Å². The van der Waals surface area contributed by atoms with Crippen LogP contribution in [0.15, 0.2) is 28.7 Å². The van der Waals surface area contributed by atoms with Crippen molar-refractivity contribution in [1.82, 2.24) is 10.2 Å². The Balaban J connectivity index is 1.60. The third-order valence-corrected chi connectivity index (χ3v) is 4.65. The van der Waals surface area contributed by atoms with Crippen LogP contribution in [-0.2, 0) is 4.79 Å². The van der Waals surface area contributed by atoms with Gasteiger partial charge in [0.05, 0.1) is 0 Å². The van der Waals surface area contributed by atoms with E-state index in [-0.39, 0.29) is 5.91 Å². The van der Waals surface area contributed by atoms with Crippen molar-refractivity contribution in [2.75, 3.05) is 26.2 Å². The normalized spacial score (nSPS) is 26.4. The van der Waals surface area contributed by atoms with Gasteiger partial charge in [0, 0.05) is 30.7 Å². The summed E-state index contributed by atoms with van der Waals surface area (Å²) in [6.07, 6.45) is -0.434. The molecule has 3 atom stereocenters. The third-order valence-electron chi connectivity index (χ3n) is 4.16. The van der Waals surface area contributed by atoms with Gasteiger partial charge in [0.15, 0.2) is 6.10 Å². The van der Waals surface area contributed by atoms with E-state index in [9.17, 15) is 4.79 Å². The number of ether oxygens (including phenoxy) is 1. The second kappa shape index (κ2) is 5.74. The van der Waals surface area contributed by atoms with Crippen LogP contribution in [0.5, 0.6) is 5.75 Å². The summed E-state index contributed by atoms with van der Waals surface area (Å²) in [6.45, 7) is 5.63. The first kappa shape index (κ1) is 13.9. The van der Waals surface area contributed by atoms with Gasteiger partial charge in [-0.25, -0.2) is 0 Å². The van der Waals surface area contributed by atoms with E-state index in [2.05, 4.69) is 21.2 Å². The van der Waals surface area contributed by atoms with E-state index >= 15 is 0 Å². The average molecular weight is 339 g/mol. The Morgan fingerprint density at radius 1 is 1.40 bits per heavy atom. The Morgan fingerprint density at radius 3 is 2.75 bits per heavy atom. The molecule has 1 aromatic rings. The van der Waals surface area contributed by atoms with Crippen LogP contribution in [0, 0.1) is 11.8 Å². The van der Waals surface area contributed by atoms with Crippen LogP contribution >= 0.6 is 15.9 Å². The van der Waals surface area contributed by atoms with Crippen LogP contribution in [0.3, 0.4) is 0 Å². The standard InChI is InChI=1S/C15H19BrN2O2/c1-10(20-14-4-2-3-13(16)5-14)15(19)18-8-11-6-17-7-12(11)9-18/h2-5,10-12,17H,6-9H2,1H3/t10?,11-,12+. The first-order valence-electron chi connectivity index (χ1n) is 7.05. The smallest absolute Gasteiger partial charge is 0.263 e. The summed E-state index contributed by atoms with van der Waals surface area (Å²) in [6, 6.07) is 7.60. The van der Waals surface area contributed by atoms with Crippen molar-refractivity contribution < 1.29 is 9.53 Å². The fraction of sp³-hybridized carbons (Fsp3) is 0.533. The van der Waals surface area contributed by atoms with Crippen LogP contribution in [0.1, 0.15) is 6.92 Å². The van der Waals surface area contributed by atoms with Crippen molar-refractivity contribution in [2.45, 2.75) is 13.0 Å². The summed E-state index contributed by atoms with van der Waals surface area (Å²) < 4.78 is 6.71. The number of fused-ring (bicyclic) bond motifs is 1. The molecule has 3 rings (SSSR count). The lowest BCUT2D eigenvalue weighted by Gasteiger charge is -2.22. The Hall–Kier alpha value is -1.07. The van der Waals surface area contributed by atoms with Crippen LogP contribution in [-0.4, -0.2) is 43.1 Å². The molecule has 0 radical (unpaired) electrons. The molecule has 1 unspecified atom stereocenters. The molecule has 0 spiro atoms. The number of carbonyl (C=O) groups excluding carboxylic acids is 1. The molecule has 0 bridgehead atoms. The van der Waals surface area contributed by atoms with Crippen LogP contribution in [0.25, 0.3) is 0 Å². The van der Waals surface area contributed by atoms with Gasteiger partial charge in [-0.15, -0.1) is 0 Å². The molecule has 2 saturated heterocycles.